The molecule has 1 amide bonds. The first-order chi connectivity index (χ1) is 14.0. The number of hydrogen-bond acceptors (Lipinski definition) is 7. The van der Waals surface area contributed by atoms with Crippen molar-refractivity contribution < 1.29 is 22.6 Å². The summed E-state index contributed by atoms with van der Waals surface area (Å²) in [5, 5.41) is 10.9. The molecule has 0 spiro atoms. The van der Waals surface area contributed by atoms with Crippen LogP contribution in [0.25, 0.3) is 11.1 Å². The lowest BCUT2D eigenvalue weighted by molar-refractivity contribution is -0.384. The largest absolute Gasteiger partial charge is 0.420 e. The van der Waals surface area contributed by atoms with Gasteiger partial charge >= 0.3 is 5.76 Å². The molecular weight excluding hydrogens is 414 g/mol. The molecule has 1 unspecified atom stereocenters. The zero-order chi connectivity index (χ0) is 22.2. The molecule has 0 bridgehead atoms. The number of benzene rings is 2. The first kappa shape index (κ1) is 21.2. The third-order valence-electron chi connectivity index (χ3n) is 4.92. The molecule has 1 atom stereocenters. The van der Waals surface area contributed by atoms with Crippen molar-refractivity contribution in [1.82, 2.24) is 9.47 Å². The number of nitrogens with zero attached hydrogens (tertiary/aromatic N) is 3. The Hall–Kier alpha value is -3.47. The summed E-state index contributed by atoms with van der Waals surface area (Å²) in [4.78, 5) is 36.8. The molecule has 11 heteroatoms. The highest BCUT2D eigenvalue weighted by atomic mass is 32.2. The van der Waals surface area contributed by atoms with Gasteiger partial charge in [0.2, 0.25) is 5.91 Å². The van der Waals surface area contributed by atoms with Gasteiger partial charge in [-0.3, -0.25) is 19.5 Å². The van der Waals surface area contributed by atoms with Crippen molar-refractivity contribution in [3.8, 4) is 0 Å². The lowest BCUT2D eigenvalue weighted by Gasteiger charge is -2.25. The van der Waals surface area contributed by atoms with Gasteiger partial charge in [-0.15, -0.1) is 0 Å². The molecular formula is C19H19N3O7S. The molecule has 0 fully saturated rings. The Kier molecular flexibility index (Phi) is 5.49. The molecule has 0 radical (unpaired) electrons. The molecule has 1 heterocycles. The number of carbonyl (C=O) groups excluding carboxylic acids is 1. The van der Waals surface area contributed by atoms with Crippen molar-refractivity contribution in [2.75, 3.05) is 13.3 Å². The summed E-state index contributed by atoms with van der Waals surface area (Å²) in [6.45, 7) is 1.46. The Morgan fingerprint density at radius 1 is 1.23 bits per heavy atom. The summed E-state index contributed by atoms with van der Waals surface area (Å²) >= 11 is 0. The minimum Gasteiger partial charge on any atom is -0.407 e. The van der Waals surface area contributed by atoms with Crippen LogP contribution >= 0.6 is 0 Å². The van der Waals surface area contributed by atoms with E-state index in [0.717, 1.165) is 22.5 Å². The Morgan fingerprint density at radius 3 is 2.43 bits per heavy atom. The Bertz CT molecular complexity index is 1290. The fraction of sp³-hybridized carbons (Fsp3) is 0.263. The quantitative estimate of drug-likeness (QED) is 0.429. The number of carbonyl (C=O) groups is 1. The third-order valence-corrected chi connectivity index (χ3v) is 6.05. The number of aromatic nitrogens is 1. The van der Waals surface area contributed by atoms with E-state index in [1.165, 1.54) is 29.2 Å². The van der Waals surface area contributed by atoms with E-state index < -0.39 is 26.4 Å². The fourth-order valence-corrected chi connectivity index (χ4v) is 3.63. The topological polar surface area (TPSA) is 133 Å². The molecule has 10 nitrogen and oxygen atoms in total. The summed E-state index contributed by atoms with van der Waals surface area (Å²) in [5.41, 5.74) is 0.794. The third kappa shape index (κ3) is 4.10. The van der Waals surface area contributed by atoms with Gasteiger partial charge in [0.15, 0.2) is 15.4 Å². The van der Waals surface area contributed by atoms with Crippen LogP contribution in [-0.2, 0) is 21.2 Å². The maximum atomic E-state index is 12.7. The zero-order valence-corrected chi connectivity index (χ0v) is 17.3. The number of fused-ring (bicyclic) bond motifs is 1. The van der Waals surface area contributed by atoms with Crippen LogP contribution in [-0.4, -0.2) is 42.0 Å². The normalized spacial score (nSPS) is 12.6. The van der Waals surface area contributed by atoms with Crippen LogP contribution < -0.4 is 5.76 Å². The number of oxazole rings is 1. The maximum Gasteiger partial charge on any atom is 0.420 e. The summed E-state index contributed by atoms with van der Waals surface area (Å²) in [6.07, 6.45) is 1.11. The van der Waals surface area contributed by atoms with Gasteiger partial charge in [-0.25, -0.2) is 13.2 Å². The van der Waals surface area contributed by atoms with Crippen molar-refractivity contribution in [2.24, 2.45) is 0 Å². The summed E-state index contributed by atoms with van der Waals surface area (Å²) < 4.78 is 29.3. The lowest BCUT2D eigenvalue weighted by atomic mass is 10.1. The smallest absolute Gasteiger partial charge is 0.407 e. The SMILES string of the molecule is CC(c1ccc(S(C)(=O)=O)cc1)N(C)C(=O)Cn1c(=O)oc2cc([N+](=O)[O-])ccc21. The second-order valence-electron chi connectivity index (χ2n) is 6.89. The fourth-order valence-electron chi connectivity index (χ4n) is 3.00. The number of likely N-dealkylation sites (N-methyl/N-ethyl adjacent to an activating group) is 1. The first-order valence-electron chi connectivity index (χ1n) is 8.82. The second kappa shape index (κ2) is 7.75. The Morgan fingerprint density at radius 2 is 1.87 bits per heavy atom. The number of hydrogen-bond donors (Lipinski definition) is 0. The molecule has 30 heavy (non-hydrogen) atoms. The molecule has 0 aliphatic carbocycles. The van der Waals surface area contributed by atoms with E-state index >= 15 is 0 Å². The number of non-ortho nitro benzene ring substituents is 1. The lowest BCUT2D eigenvalue weighted by Crippen LogP contribution is -2.34. The summed E-state index contributed by atoms with van der Waals surface area (Å²) in [5.74, 6) is -1.18. The molecule has 0 N–H and O–H groups in total. The summed E-state index contributed by atoms with van der Waals surface area (Å²) in [6, 6.07) is 9.54. The van der Waals surface area contributed by atoms with Gasteiger partial charge < -0.3 is 9.32 Å². The average Bonchev–Trinajstić information content (AvgIpc) is 3.00. The molecule has 0 saturated heterocycles. The molecule has 0 aliphatic rings. The van der Waals surface area contributed by atoms with Crippen LogP contribution in [0.5, 0.6) is 0 Å². The van der Waals surface area contributed by atoms with Crippen LogP contribution in [0.15, 0.2) is 56.6 Å². The molecule has 3 rings (SSSR count). The van der Waals surface area contributed by atoms with Crippen molar-refractivity contribution in [2.45, 2.75) is 24.4 Å². The average molecular weight is 433 g/mol. The van der Waals surface area contributed by atoms with Gasteiger partial charge in [-0.2, -0.15) is 0 Å². The molecule has 0 saturated carbocycles. The van der Waals surface area contributed by atoms with Crippen molar-refractivity contribution >= 4 is 32.5 Å². The summed E-state index contributed by atoms with van der Waals surface area (Å²) in [7, 11) is -1.76. The Labute approximate surface area is 171 Å². The molecule has 3 aromatic rings. The van der Waals surface area contributed by atoms with Gasteiger partial charge in [-0.1, -0.05) is 12.1 Å². The molecule has 1 aromatic heterocycles. The minimum atomic E-state index is -3.32. The highest BCUT2D eigenvalue weighted by Gasteiger charge is 2.21. The van der Waals surface area contributed by atoms with Gasteiger partial charge in [0, 0.05) is 19.4 Å². The second-order valence-corrected chi connectivity index (χ2v) is 8.90. The van der Waals surface area contributed by atoms with Gasteiger partial charge in [-0.05, 0) is 30.7 Å². The van der Waals surface area contributed by atoms with E-state index in [2.05, 4.69) is 0 Å². The van der Waals surface area contributed by atoms with E-state index in [1.54, 1.807) is 26.1 Å². The van der Waals surface area contributed by atoms with E-state index in [0.29, 0.717) is 0 Å². The minimum absolute atomic E-state index is 0.0223. The number of nitro benzene ring substituents is 1. The Balaban J connectivity index is 1.82. The first-order valence-corrected chi connectivity index (χ1v) is 10.7. The van der Waals surface area contributed by atoms with E-state index in [9.17, 15) is 28.1 Å². The number of rotatable bonds is 6. The van der Waals surface area contributed by atoms with Crippen LogP contribution in [0, 0.1) is 10.1 Å². The maximum absolute atomic E-state index is 12.7. The highest BCUT2D eigenvalue weighted by molar-refractivity contribution is 7.90. The van der Waals surface area contributed by atoms with Crippen LogP contribution in [0.4, 0.5) is 5.69 Å². The predicted octanol–water partition coefficient (Wildman–Crippen LogP) is 2.13. The van der Waals surface area contributed by atoms with Gasteiger partial charge in [0.1, 0.15) is 6.54 Å². The van der Waals surface area contributed by atoms with E-state index in [-0.39, 0.29) is 34.3 Å². The highest BCUT2D eigenvalue weighted by Crippen LogP contribution is 2.23. The van der Waals surface area contributed by atoms with Crippen molar-refractivity contribution in [3.05, 3.63) is 68.7 Å². The predicted molar refractivity (Wildman–Crippen MR) is 108 cm³/mol. The van der Waals surface area contributed by atoms with E-state index in [1.807, 2.05) is 0 Å². The van der Waals surface area contributed by atoms with Gasteiger partial charge in [0.25, 0.3) is 5.69 Å². The number of amides is 1. The van der Waals surface area contributed by atoms with Crippen LogP contribution in [0.3, 0.4) is 0 Å². The zero-order valence-electron chi connectivity index (χ0n) is 16.4. The molecule has 158 valence electrons. The number of sulfone groups is 1. The van der Waals surface area contributed by atoms with Crippen LogP contribution in [0.1, 0.15) is 18.5 Å². The van der Waals surface area contributed by atoms with Crippen LogP contribution in [0.2, 0.25) is 0 Å². The van der Waals surface area contributed by atoms with Gasteiger partial charge in [0.05, 0.1) is 27.4 Å². The standard InChI is InChI=1S/C19H19N3O7S/c1-12(13-4-7-15(8-5-13)30(3,27)28)20(2)18(23)11-21-16-9-6-14(22(25)26)10-17(16)29-19(21)24/h4-10,12H,11H2,1-3H3. The van der Waals surface area contributed by atoms with Crippen molar-refractivity contribution in [1.29, 1.82) is 0 Å². The monoisotopic (exact) mass is 433 g/mol. The molecule has 0 aliphatic heterocycles. The van der Waals surface area contributed by atoms with E-state index in [4.69, 9.17) is 4.42 Å². The van der Waals surface area contributed by atoms with Crippen molar-refractivity contribution in [3.63, 3.8) is 0 Å². The number of nitro groups is 1. The molecule has 2 aromatic carbocycles.